The monoisotopic (exact) mass is 262 g/mol. The highest BCUT2D eigenvalue weighted by Crippen LogP contribution is 2.18. The molecule has 19 heavy (non-hydrogen) atoms. The third-order valence-electron chi connectivity index (χ3n) is 3.36. The fourth-order valence-corrected chi connectivity index (χ4v) is 2.36. The molecule has 1 aliphatic rings. The predicted molar refractivity (Wildman–Crippen MR) is 74.8 cm³/mol. The number of hydrogen-bond donors (Lipinski definition) is 2. The van der Waals surface area contributed by atoms with Gasteiger partial charge in [0.15, 0.2) is 6.10 Å². The lowest BCUT2D eigenvalue weighted by Gasteiger charge is -2.26. The van der Waals surface area contributed by atoms with Crippen molar-refractivity contribution in [2.24, 2.45) is 0 Å². The van der Waals surface area contributed by atoms with Gasteiger partial charge < -0.3 is 15.4 Å². The zero-order valence-corrected chi connectivity index (χ0v) is 11.4. The minimum absolute atomic E-state index is 0.0278. The van der Waals surface area contributed by atoms with Crippen LogP contribution < -0.4 is 10.6 Å². The Balaban J connectivity index is 1.99. The second-order valence-corrected chi connectivity index (χ2v) is 4.78. The van der Waals surface area contributed by atoms with Crippen molar-refractivity contribution < 1.29 is 9.53 Å². The molecule has 1 aromatic rings. The van der Waals surface area contributed by atoms with E-state index in [1.165, 1.54) is 0 Å². The van der Waals surface area contributed by atoms with Crippen LogP contribution in [-0.4, -0.2) is 31.6 Å². The molecule has 4 nitrogen and oxygen atoms in total. The topological polar surface area (TPSA) is 50.4 Å². The number of amides is 1. The number of piperidine rings is 1. The largest absolute Gasteiger partial charge is 0.364 e. The summed E-state index contributed by atoms with van der Waals surface area (Å²) in [6.07, 6.45) is 1.47. The first-order valence-corrected chi connectivity index (χ1v) is 6.99. The standard InChI is InChI=1S/C15H22N2O2/c1-2-19-14(12-6-4-3-5-7-12)15(18)17-13-8-10-16-11-9-13/h3-7,13-14,16H,2,8-11H2,1H3,(H,17,18). The maximum atomic E-state index is 12.3. The Hall–Kier alpha value is -1.39. The number of ether oxygens (including phenoxy) is 1. The summed E-state index contributed by atoms with van der Waals surface area (Å²) >= 11 is 0. The number of carbonyl (C=O) groups excluding carboxylic acids is 1. The molecule has 1 fully saturated rings. The van der Waals surface area contributed by atoms with Gasteiger partial charge >= 0.3 is 0 Å². The van der Waals surface area contributed by atoms with Crippen LogP contribution >= 0.6 is 0 Å². The second-order valence-electron chi connectivity index (χ2n) is 4.78. The van der Waals surface area contributed by atoms with E-state index in [4.69, 9.17) is 4.74 Å². The summed E-state index contributed by atoms with van der Waals surface area (Å²) in [7, 11) is 0. The first-order chi connectivity index (χ1) is 9.31. The number of carbonyl (C=O) groups is 1. The van der Waals surface area contributed by atoms with Crippen molar-refractivity contribution in [3.05, 3.63) is 35.9 Å². The molecule has 1 heterocycles. The number of nitrogens with one attached hydrogen (secondary N) is 2. The van der Waals surface area contributed by atoms with Gasteiger partial charge in [-0.25, -0.2) is 0 Å². The van der Waals surface area contributed by atoms with Gasteiger partial charge in [-0.1, -0.05) is 30.3 Å². The third-order valence-corrected chi connectivity index (χ3v) is 3.36. The lowest BCUT2D eigenvalue weighted by Crippen LogP contribution is -2.44. The van der Waals surface area contributed by atoms with Crippen LogP contribution in [0.5, 0.6) is 0 Å². The molecule has 2 rings (SSSR count). The SMILES string of the molecule is CCOC(C(=O)NC1CCNCC1)c1ccccc1. The Morgan fingerprint density at radius 3 is 2.68 bits per heavy atom. The van der Waals surface area contributed by atoms with Gasteiger partial charge in [-0.3, -0.25) is 4.79 Å². The molecule has 0 aliphatic carbocycles. The molecule has 1 aromatic carbocycles. The number of hydrogen-bond acceptors (Lipinski definition) is 3. The quantitative estimate of drug-likeness (QED) is 0.848. The summed E-state index contributed by atoms with van der Waals surface area (Å²) in [6, 6.07) is 9.93. The molecule has 0 spiro atoms. The molecule has 4 heteroatoms. The lowest BCUT2D eigenvalue weighted by molar-refractivity contribution is -0.133. The van der Waals surface area contributed by atoms with E-state index in [0.717, 1.165) is 31.5 Å². The van der Waals surface area contributed by atoms with Gasteiger partial charge in [0.05, 0.1) is 0 Å². The van der Waals surface area contributed by atoms with E-state index in [9.17, 15) is 4.79 Å². The fourth-order valence-electron chi connectivity index (χ4n) is 2.36. The van der Waals surface area contributed by atoms with Crippen molar-refractivity contribution in [2.75, 3.05) is 19.7 Å². The van der Waals surface area contributed by atoms with E-state index in [2.05, 4.69) is 10.6 Å². The van der Waals surface area contributed by atoms with Crippen LogP contribution in [0.4, 0.5) is 0 Å². The fraction of sp³-hybridized carbons (Fsp3) is 0.533. The van der Waals surface area contributed by atoms with Crippen LogP contribution in [0.3, 0.4) is 0 Å². The van der Waals surface area contributed by atoms with Crippen LogP contribution in [0.2, 0.25) is 0 Å². The van der Waals surface area contributed by atoms with Crippen LogP contribution in [-0.2, 0) is 9.53 Å². The Morgan fingerprint density at radius 2 is 2.05 bits per heavy atom. The van der Waals surface area contributed by atoms with Gasteiger partial charge in [0.25, 0.3) is 5.91 Å². The second kappa shape index (κ2) is 7.26. The summed E-state index contributed by atoms with van der Waals surface area (Å²) < 4.78 is 5.60. The maximum Gasteiger partial charge on any atom is 0.253 e. The van der Waals surface area contributed by atoms with E-state index in [1.54, 1.807) is 0 Å². The summed E-state index contributed by atoms with van der Waals surface area (Å²) in [5.74, 6) is -0.0278. The predicted octanol–water partition coefficient (Wildman–Crippen LogP) is 1.63. The molecule has 0 saturated carbocycles. The highest BCUT2D eigenvalue weighted by Gasteiger charge is 2.24. The van der Waals surface area contributed by atoms with E-state index >= 15 is 0 Å². The molecule has 104 valence electrons. The van der Waals surface area contributed by atoms with Crippen LogP contribution in [0, 0.1) is 0 Å². The highest BCUT2D eigenvalue weighted by molar-refractivity contribution is 5.82. The maximum absolute atomic E-state index is 12.3. The summed E-state index contributed by atoms with van der Waals surface area (Å²) in [4.78, 5) is 12.3. The molecular formula is C15H22N2O2. The average molecular weight is 262 g/mol. The van der Waals surface area contributed by atoms with Gasteiger partial charge in [0.1, 0.15) is 0 Å². The molecule has 0 radical (unpaired) electrons. The molecule has 1 aliphatic heterocycles. The molecule has 1 atom stereocenters. The molecule has 1 unspecified atom stereocenters. The van der Waals surface area contributed by atoms with Gasteiger partial charge in [-0.2, -0.15) is 0 Å². The van der Waals surface area contributed by atoms with Crippen molar-refractivity contribution >= 4 is 5.91 Å². The van der Waals surface area contributed by atoms with E-state index < -0.39 is 6.10 Å². The first-order valence-electron chi connectivity index (χ1n) is 6.99. The Morgan fingerprint density at radius 1 is 1.37 bits per heavy atom. The zero-order chi connectivity index (χ0) is 13.5. The summed E-state index contributed by atoms with van der Waals surface area (Å²) in [5.41, 5.74) is 0.913. The molecular weight excluding hydrogens is 240 g/mol. The van der Waals surface area contributed by atoms with Crippen LogP contribution in [0.1, 0.15) is 31.4 Å². The normalized spacial score (nSPS) is 17.9. The summed E-state index contributed by atoms with van der Waals surface area (Å²) in [6.45, 7) is 4.37. The highest BCUT2D eigenvalue weighted by atomic mass is 16.5. The average Bonchev–Trinajstić information content (AvgIpc) is 2.46. The van der Waals surface area contributed by atoms with Crippen molar-refractivity contribution in [2.45, 2.75) is 31.9 Å². The number of benzene rings is 1. The molecule has 1 amide bonds. The van der Waals surface area contributed by atoms with Gasteiger partial charge in [0, 0.05) is 12.6 Å². The van der Waals surface area contributed by atoms with Crippen molar-refractivity contribution in [3.8, 4) is 0 Å². The molecule has 1 saturated heterocycles. The Labute approximate surface area is 114 Å². The van der Waals surface area contributed by atoms with Crippen LogP contribution in [0.25, 0.3) is 0 Å². The number of rotatable bonds is 5. The van der Waals surface area contributed by atoms with Gasteiger partial charge in [-0.05, 0) is 38.4 Å². The van der Waals surface area contributed by atoms with E-state index in [-0.39, 0.29) is 11.9 Å². The smallest absolute Gasteiger partial charge is 0.253 e. The van der Waals surface area contributed by atoms with Crippen molar-refractivity contribution in [1.82, 2.24) is 10.6 Å². The van der Waals surface area contributed by atoms with Gasteiger partial charge in [0.2, 0.25) is 0 Å². The molecule has 2 N–H and O–H groups in total. The Bertz CT molecular complexity index is 388. The van der Waals surface area contributed by atoms with E-state index in [0.29, 0.717) is 6.61 Å². The minimum atomic E-state index is -0.499. The lowest BCUT2D eigenvalue weighted by atomic mass is 10.0. The molecule has 0 bridgehead atoms. The summed E-state index contributed by atoms with van der Waals surface area (Å²) in [5, 5.41) is 6.39. The van der Waals surface area contributed by atoms with Crippen molar-refractivity contribution in [3.63, 3.8) is 0 Å². The van der Waals surface area contributed by atoms with Crippen LogP contribution in [0.15, 0.2) is 30.3 Å². The zero-order valence-electron chi connectivity index (χ0n) is 11.4. The first kappa shape index (κ1) is 14.0. The molecule has 0 aromatic heterocycles. The Kier molecular flexibility index (Phi) is 5.36. The van der Waals surface area contributed by atoms with Crippen molar-refractivity contribution in [1.29, 1.82) is 0 Å². The minimum Gasteiger partial charge on any atom is -0.364 e. The van der Waals surface area contributed by atoms with Gasteiger partial charge in [-0.15, -0.1) is 0 Å². The third kappa shape index (κ3) is 4.04. The van der Waals surface area contributed by atoms with E-state index in [1.807, 2.05) is 37.3 Å².